The quantitative estimate of drug-likeness (QED) is 0.259. The average Bonchev–Trinajstić information content (AvgIpc) is 3.40. The standard InChI is InChI=1S/C42H57N4O/c1-10-27-45-36-21-14-12-19-34(36)41(4,5)38(45)25-23-32-17-16-18-33(40(32)44(9)30-29-43(8)31(3)47)24-26-39-42(6,7)35-20-13-15-22-37(35)46(39)28-11-2/h12-15,19-26H,10-11,16-18,27-30H2,1-9H3/q+1. The van der Waals surface area contributed by atoms with E-state index in [1.807, 2.05) is 11.9 Å². The molecule has 1 aliphatic carbocycles. The van der Waals surface area contributed by atoms with Crippen molar-refractivity contribution in [2.75, 3.05) is 50.1 Å². The smallest absolute Gasteiger partial charge is 0.219 e. The molecule has 0 spiro atoms. The first-order valence-electron chi connectivity index (χ1n) is 17.8. The number of hydrogen-bond acceptors (Lipinski definition) is 3. The van der Waals surface area contributed by atoms with E-state index in [1.165, 1.54) is 50.8 Å². The normalized spacial score (nSPS) is 21.6. The van der Waals surface area contributed by atoms with Crippen LogP contribution in [0.1, 0.15) is 91.7 Å². The fraction of sp³-hybridized carbons (Fsp3) is 0.476. The summed E-state index contributed by atoms with van der Waals surface area (Å²) < 4.78 is 2.39. The van der Waals surface area contributed by atoms with E-state index in [1.54, 1.807) is 6.92 Å². The molecule has 2 aliphatic heterocycles. The molecule has 0 N–H and O–H groups in total. The number of para-hydroxylation sites is 2. The minimum Gasteiger partial charge on any atom is -0.344 e. The lowest BCUT2D eigenvalue weighted by Crippen LogP contribution is -2.33. The van der Waals surface area contributed by atoms with Crippen LogP contribution in [0.2, 0.25) is 0 Å². The Bertz CT molecular complexity index is 1550. The SMILES string of the molecule is CCCN1/C(=C/C=C2\CCC/C(=C\C=C3\N(CCC)c4ccccc4C3(C)C)C2=[N+](C)CCN(C)C(C)=O)C(C)(C)c2ccccc21. The topological polar surface area (TPSA) is 29.8 Å². The summed E-state index contributed by atoms with van der Waals surface area (Å²) in [7, 11) is 4.10. The Labute approximate surface area is 284 Å². The van der Waals surface area contributed by atoms with Crippen molar-refractivity contribution in [2.45, 2.75) is 91.4 Å². The minimum atomic E-state index is -0.0668. The molecule has 0 unspecified atom stereocenters. The Hall–Kier alpha value is -3.86. The highest BCUT2D eigenvalue weighted by molar-refractivity contribution is 6.10. The van der Waals surface area contributed by atoms with Crippen molar-refractivity contribution in [3.63, 3.8) is 0 Å². The molecule has 1 amide bonds. The molecular weight excluding hydrogens is 576 g/mol. The molecule has 0 radical (unpaired) electrons. The minimum absolute atomic E-state index is 0.0668. The number of benzene rings is 2. The number of anilines is 2. The van der Waals surface area contributed by atoms with E-state index in [-0.39, 0.29) is 16.7 Å². The summed E-state index contributed by atoms with van der Waals surface area (Å²) >= 11 is 0. The monoisotopic (exact) mass is 633 g/mol. The predicted molar refractivity (Wildman–Crippen MR) is 200 cm³/mol. The van der Waals surface area contributed by atoms with Crippen molar-refractivity contribution >= 4 is 23.0 Å². The number of hydrogen-bond donors (Lipinski definition) is 0. The van der Waals surface area contributed by atoms with E-state index in [9.17, 15) is 4.79 Å². The van der Waals surface area contributed by atoms with Crippen molar-refractivity contribution in [1.82, 2.24) is 4.90 Å². The molecule has 250 valence electrons. The molecule has 0 saturated heterocycles. The third kappa shape index (κ3) is 6.64. The number of carbonyl (C=O) groups excluding carboxylic acids is 1. The van der Waals surface area contributed by atoms with Gasteiger partial charge in [-0.15, -0.1) is 0 Å². The highest BCUT2D eigenvalue weighted by atomic mass is 16.2. The number of likely N-dealkylation sites (N-methyl/N-ethyl adjacent to an activating group) is 2. The molecule has 5 heteroatoms. The maximum atomic E-state index is 12.1. The summed E-state index contributed by atoms with van der Waals surface area (Å²) in [6, 6.07) is 17.8. The Balaban J connectivity index is 1.60. The molecule has 5 rings (SSSR count). The number of rotatable bonds is 9. The molecule has 0 atom stereocenters. The van der Waals surface area contributed by atoms with Crippen LogP contribution in [0.5, 0.6) is 0 Å². The molecule has 2 aromatic rings. The maximum Gasteiger partial charge on any atom is 0.219 e. The van der Waals surface area contributed by atoms with Gasteiger partial charge in [0.2, 0.25) is 11.6 Å². The molecule has 2 aromatic carbocycles. The second-order valence-electron chi connectivity index (χ2n) is 14.6. The van der Waals surface area contributed by atoms with Crippen molar-refractivity contribution in [3.05, 3.63) is 107 Å². The van der Waals surface area contributed by atoms with Gasteiger partial charge in [-0.25, -0.2) is 4.58 Å². The first kappa shape index (κ1) is 34.5. The highest BCUT2D eigenvalue weighted by Crippen LogP contribution is 2.49. The summed E-state index contributed by atoms with van der Waals surface area (Å²) in [5, 5.41) is 0. The molecule has 1 fully saturated rings. The zero-order valence-corrected chi connectivity index (χ0v) is 30.5. The third-order valence-corrected chi connectivity index (χ3v) is 10.6. The number of nitrogens with zero attached hydrogens (tertiary/aromatic N) is 4. The number of amides is 1. The van der Waals surface area contributed by atoms with Crippen LogP contribution in [-0.2, 0) is 15.6 Å². The number of carbonyl (C=O) groups is 1. The van der Waals surface area contributed by atoms with E-state index in [0.717, 1.165) is 51.7 Å². The van der Waals surface area contributed by atoms with Crippen LogP contribution in [0.3, 0.4) is 0 Å². The fourth-order valence-electron chi connectivity index (χ4n) is 7.87. The molecule has 0 aromatic heterocycles. The van der Waals surface area contributed by atoms with Gasteiger partial charge in [0.25, 0.3) is 0 Å². The second kappa shape index (κ2) is 14.1. The van der Waals surface area contributed by atoms with Crippen LogP contribution in [-0.4, -0.2) is 61.4 Å². The van der Waals surface area contributed by atoms with Crippen molar-refractivity contribution < 1.29 is 9.37 Å². The Morgan fingerprint density at radius 3 is 1.66 bits per heavy atom. The van der Waals surface area contributed by atoms with Gasteiger partial charge in [-0.05, 0) is 67.5 Å². The number of fused-ring (bicyclic) bond motifs is 2. The lowest BCUT2D eigenvalue weighted by atomic mass is 9.82. The summed E-state index contributed by atoms with van der Waals surface area (Å²) in [6.45, 7) is 19.1. The largest absolute Gasteiger partial charge is 0.344 e. The zero-order chi connectivity index (χ0) is 33.9. The van der Waals surface area contributed by atoms with Crippen molar-refractivity contribution in [2.24, 2.45) is 0 Å². The van der Waals surface area contributed by atoms with Crippen LogP contribution in [0.4, 0.5) is 11.4 Å². The zero-order valence-electron chi connectivity index (χ0n) is 30.5. The molecule has 1 saturated carbocycles. The van der Waals surface area contributed by atoms with Gasteiger partial charge in [-0.2, -0.15) is 0 Å². The highest BCUT2D eigenvalue weighted by Gasteiger charge is 2.40. The molecule has 2 heterocycles. The Morgan fingerprint density at radius 2 is 1.23 bits per heavy atom. The molecule has 5 nitrogen and oxygen atoms in total. The van der Waals surface area contributed by atoms with Crippen LogP contribution < -0.4 is 9.80 Å². The van der Waals surface area contributed by atoms with Crippen molar-refractivity contribution in [1.29, 1.82) is 0 Å². The van der Waals surface area contributed by atoms with E-state index >= 15 is 0 Å². The van der Waals surface area contributed by atoms with Crippen LogP contribution in [0.15, 0.2) is 95.4 Å². The van der Waals surface area contributed by atoms with Crippen LogP contribution in [0.25, 0.3) is 0 Å². The summed E-state index contributed by atoms with van der Waals surface area (Å²) in [5.74, 6) is 0.103. The van der Waals surface area contributed by atoms with Crippen LogP contribution in [0, 0.1) is 0 Å². The first-order valence-corrected chi connectivity index (χ1v) is 17.8. The first-order chi connectivity index (χ1) is 22.4. The summed E-state index contributed by atoms with van der Waals surface area (Å²) in [6.07, 6.45) is 15.0. The van der Waals surface area contributed by atoms with Gasteiger partial charge in [0.15, 0.2) is 6.54 Å². The average molecular weight is 634 g/mol. The maximum absolute atomic E-state index is 12.1. The van der Waals surface area contributed by atoms with Gasteiger partial charge in [0.05, 0.1) is 6.54 Å². The van der Waals surface area contributed by atoms with E-state index in [0.29, 0.717) is 6.54 Å². The van der Waals surface area contributed by atoms with Gasteiger partial charge in [-0.3, -0.25) is 4.79 Å². The van der Waals surface area contributed by atoms with Gasteiger partial charge < -0.3 is 14.7 Å². The summed E-state index contributed by atoms with van der Waals surface area (Å²) in [4.78, 5) is 19.0. The fourth-order valence-corrected chi connectivity index (χ4v) is 7.87. The van der Waals surface area contributed by atoms with Gasteiger partial charge in [0, 0.05) is 71.8 Å². The van der Waals surface area contributed by atoms with Crippen molar-refractivity contribution in [3.8, 4) is 0 Å². The Morgan fingerprint density at radius 1 is 0.787 bits per heavy atom. The van der Waals surface area contributed by atoms with Gasteiger partial charge >= 0.3 is 0 Å². The Kier molecular flexibility index (Phi) is 10.3. The van der Waals surface area contributed by atoms with E-state index < -0.39 is 0 Å². The lowest BCUT2D eigenvalue weighted by molar-refractivity contribution is -0.496. The van der Waals surface area contributed by atoms with E-state index in [2.05, 4.69) is 136 Å². The molecule has 3 aliphatic rings. The van der Waals surface area contributed by atoms with E-state index in [4.69, 9.17) is 0 Å². The third-order valence-electron chi connectivity index (χ3n) is 10.6. The number of allylic oxidation sites excluding steroid dienone is 8. The van der Waals surface area contributed by atoms with Gasteiger partial charge in [0.1, 0.15) is 7.05 Å². The molecule has 0 bridgehead atoms. The van der Waals surface area contributed by atoms with Crippen LogP contribution >= 0.6 is 0 Å². The molecule has 47 heavy (non-hydrogen) atoms. The lowest BCUT2D eigenvalue weighted by Gasteiger charge is -2.27. The van der Waals surface area contributed by atoms with Gasteiger partial charge in [-0.1, -0.05) is 90.1 Å². The second-order valence-corrected chi connectivity index (χ2v) is 14.6. The predicted octanol–water partition coefficient (Wildman–Crippen LogP) is 8.77. The summed E-state index contributed by atoms with van der Waals surface area (Å²) in [5.41, 5.74) is 12.1. The molecular formula is C42H57N4O+.